The first-order chi connectivity index (χ1) is 13.7. The van der Waals surface area contributed by atoms with Crippen LogP contribution in [0.2, 0.25) is 0 Å². The van der Waals surface area contributed by atoms with Crippen LogP contribution < -0.4 is 5.73 Å². The van der Waals surface area contributed by atoms with Crippen molar-refractivity contribution in [1.82, 2.24) is 0 Å². The summed E-state index contributed by atoms with van der Waals surface area (Å²) in [5.74, 6) is -0.382. The summed E-state index contributed by atoms with van der Waals surface area (Å²) >= 11 is 0. The first-order valence-corrected chi connectivity index (χ1v) is 9.88. The standard InChI is InChI=1S/C26H27NO/c1-2-3-7-20-24(25(27)28)26(21-14-8-4-9-15-21,22-16-10-5-11-17-22)23-18-12-6-13-19-23/h4-6,8-20H,2-3,7H2,1H3,(H2,27,28). The molecular weight excluding hydrogens is 342 g/mol. The molecule has 3 rings (SSSR count). The maximum Gasteiger partial charge on any atom is 0.245 e. The Hall–Kier alpha value is -3.13. The van der Waals surface area contributed by atoms with E-state index >= 15 is 0 Å². The van der Waals surface area contributed by atoms with Crippen molar-refractivity contribution < 1.29 is 4.79 Å². The molecule has 3 aromatic carbocycles. The average molecular weight is 370 g/mol. The Kier molecular flexibility index (Phi) is 6.44. The second-order valence-corrected chi connectivity index (χ2v) is 6.97. The van der Waals surface area contributed by atoms with Crippen molar-refractivity contribution in [2.24, 2.45) is 5.73 Å². The van der Waals surface area contributed by atoms with Gasteiger partial charge in [-0.3, -0.25) is 4.79 Å². The van der Waals surface area contributed by atoms with E-state index < -0.39 is 5.41 Å². The number of unbranched alkanes of at least 4 members (excludes halogenated alkanes) is 2. The van der Waals surface area contributed by atoms with Crippen LogP contribution in [0.5, 0.6) is 0 Å². The summed E-state index contributed by atoms with van der Waals surface area (Å²) in [6.07, 6.45) is 4.95. The molecule has 0 atom stereocenters. The molecule has 0 saturated heterocycles. The number of carbonyl (C=O) groups is 1. The molecule has 0 saturated carbocycles. The third-order valence-corrected chi connectivity index (χ3v) is 5.20. The van der Waals surface area contributed by atoms with Gasteiger partial charge in [-0.05, 0) is 23.1 Å². The lowest BCUT2D eigenvalue weighted by Crippen LogP contribution is -2.38. The van der Waals surface area contributed by atoms with Crippen molar-refractivity contribution in [1.29, 1.82) is 0 Å². The summed E-state index contributed by atoms with van der Waals surface area (Å²) in [4.78, 5) is 12.8. The summed E-state index contributed by atoms with van der Waals surface area (Å²) in [6.45, 7) is 2.15. The fourth-order valence-corrected chi connectivity index (χ4v) is 3.92. The van der Waals surface area contributed by atoms with Gasteiger partial charge in [-0.2, -0.15) is 0 Å². The van der Waals surface area contributed by atoms with E-state index in [1.54, 1.807) is 0 Å². The lowest BCUT2D eigenvalue weighted by molar-refractivity contribution is -0.115. The van der Waals surface area contributed by atoms with Crippen molar-refractivity contribution >= 4 is 5.91 Å². The van der Waals surface area contributed by atoms with Crippen molar-refractivity contribution in [2.75, 3.05) is 0 Å². The second-order valence-electron chi connectivity index (χ2n) is 6.97. The van der Waals surface area contributed by atoms with Gasteiger partial charge in [0.1, 0.15) is 0 Å². The number of benzene rings is 3. The molecule has 2 N–H and O–H groups in total. The SMILES string of the molecule is CCCCC=C(C(N)=O)C(c1ccccc1)(c1ccccc1)c1ccccc1. The molecule has 1 amide bonds. The highest BCUT2D eigenvalue weighted by Gasteiger charge is 2.42. The van der Waals surface area contributed by atoms with Gasteiger partial charge in [0, 0.05) is 5.57 Å². The molecular formula is C26H27NO. The summed E-state index contributed by atoms with van der Waals surface area (Å²) in [5, 5.41) is 0. The van der Waals surface area contributed by atoms with Gasteiger partial charge in [-0.25, -0.2) is 0 Å². The topological polar surface area (TPSA) is 43.1 Å². The Balaban J connectivity index is 2.40. The zero-order valence-corrected chi connectivity index (χ0v) is 16.3. The molecule has 2 heteroatoms. The first-order valence-electron chi connectivity index (χ1n) is 9.88. The van der Waals surface area contributed by atoms with Gasteiger partial charge in [0.05, 0.1) is 5.41 Å². The molecule has 0 radical (unpaired) electrons. The summed E-state index contributed by atoms with van der Waals surface area (Å²) in [6, 6.07) is 30.6. The molecule has 0 aliphatic rings. The van der Waals surface area contributed by atoms with Gasteiger partial charge >= 0.3 is 0 Å². The largest absolute Gasteiger partial charge is 0.366 e. The zero-order chi connectivity index (χ0) is 19.8. The zero-order valence-electron chi connectivity index (χ0n) is 16.3. The fourth-order valence-electron chi connectivity index (χ4n) is 3.92. The van der Waals surface area contributed by atoms with Gasteiger partial charge in [-0.15, -0.1) is 0 Å². The van der Waals surface area contributed by atoms with E-state index in [1.807, 2.05) is 60.7 Å². The van der Waals surface area contributed by atoms with Gasteiger partial charge < -0.3 is 5.73 Å². The molecule has 0 spiro atoms. The third kappa shape index (κ3) is 3.77. The molecule has 0 heterocycles. The highest BCUT2D eigenvalue weighted by atomic mass is 16.1. The van der Waals surface area contributed by atoms with Crippen molar-refractivity contribution in [3.63, 3.8) is 0 Å². The average Bonchev–Trinajstić information content (AvgIpc) is 2.75. The van der Waals surface area contributed by atoms with Crippen molar-refractivity contribution in [3.8, 4) is 0 Å². The number of nitrogens with two attached hydrogens (primary N) is 1. The Morgan fingerprint density at radius 1 is 0.786 bits per heavy atom. The Morgan fingerprint density at radius 3 is 1.50 bits per heavy atom. The van der Waals surface area contributed by atoms with E-state index in [0.717, 1.165) is 36.0 Å². The van der Waals surface area contributed by atoms with Gasteiger partial charge in [0.2, 0.25) is 5.91 Å². The number of allylic oxidation sites excluding steroid dienone is 1. The number of carbonyl (C=O) groups excluding carboxylic acids is 1. The molecule has 142 valence electrons. The van der Waals surface area contributed by atoms with E-state index in [1.165, 1.54) is 0 Å². The van der Waals surface area contributed by atoms with Gasteiger partial charge in [0.15, 0.2) is 0 Å². The molecule has 2 nitrogen and oxygen atoms in total. The van der Waals surface area contributed by atoms with E-state index in [-0.39, 0.29) is 5.91 Å². The van der Waals surface area contributed by atoms with Crippen LogP contribution in [0, 0.1) is 0 Å². The van der Waals surface area contributed by atoms with Gasteiger partial charge in [-0.1, -0.05) is 117 Å². The van der Waals surface area contributed by atoms with Crippen LogP contribution in [-0.2, 0) is 10.2 Å². The van der Waals surface area contributed by atoms with Crippen LogP contribution in [0.4, 0.5) is 0 Å². The van der Waals surface area contributed by atoms with E-state index in [0.29, 0.717) is 5.57 Å². The highest BCUT2D eigenvalue weighted by molar-refractivity contribution is 5.97. The lowest BCUT2D eigenvalue weighted by Gasteiger charge is -2.37. The molecule has 0 fully saturated rings. The number of hydrogen-bond acceptors (Lipinski definition) is 1. The third-order valence-electron chi connectivity index (χ3n) is 5.20. The quantitative estimate of drug-likeness (QED) is 0.312. The van der Waals surface area contributed by atoms with Crippen LogP contribution in [-0.4, -0.2) is 5.91 Å². The van der Waals surface area contributed by atoms with Crippen LogP contribution in [0.15, 0.2) is 103 Å². The number of hydrogen-bond donors (Lipinski definition) is 1. The minimum Gasteiger partial charge on any atom is -0.366 e. The maximum absolute atomic E-state index is 12.8. The predicted molar refractivity (Wildman–Crippen MR) is 116 cm³/mol. The molecule has 0 aliphatic carbocycles. The highest BCUT2D eigenvalue weighted by Crippen LogP contribution is 2.45. The predicted octanol–water partition coefficient (Wildman–Crippen LogP) is 5.62. The van der Waals surface area contributed by atoms with E-state index in [4.69, 9.17) is 5.73 Å². The number of primary amides is 1. The fraction of sp³-hybridized carbons (Fsp3) is 0.192. The minimum atomic E-state index is -0.747. The molecule has 0 bridgehead atoms. The normalized spacial score (nSPS) is 12.0. The molecule has 3 aromatic rings. The molecule has 0 aliphatic heterocycles. The Labute approximate surface area is 167 Å². The number of amides is 1. The summed E-state index contributed by atoms with van der Waals surface area (Å²) in [7, 11) is 0. The van der Waals surface area contributed by atoms with Gasteiger partial charge in [0.25, 0.3) is 0 Å². The van der Waals surface area contributed by atoms with E-state index in [2.05, 4.69) is 43.3 Å². The van der Waals surface area contributed by atoms with Crippen molar-refractivity contribution in [2.45, 2.75) is 31.6 Å². The minimum absolute atomic E-state index is 0.382. The monoisotopic (exact) mass is 369 g/mol. The first kappa shape index (κ1) is 19.6. The molecule has 0 aromatic heterocycles. The Morgan fingerprint density at radius 2 is 1.18 bits per heavy atom. The maximum atomic E-state index is 12.8. The second kappa shape index (κ2) is 9.18. The van der Waals surface area contributed by atoms with Crippen LogP contribution in [0.3, 0.4) is 0 Å². The summed E-state index contributed by atoms with van der Waals surface area (Å²) in [5.41, 5.74) is 9.00. The van der Waals surface area contributed by atoms with Crippen molar-refractivity contribution in [3.05, 3.63) is 119 Å². The number of rotatable bonds is 8. The summed E-state index contributed by atoms with van der Waals surface area (Å²) < 4.78 is 0. The van der Waals surface area contributed by atoms with Crippen LogP contribution in [0.1, 0.15) is 42.9 Å². The lowest BCUT2D eigenvalue weighted by atomic mass is 9.64. The smallest absolute Gasteiger partial charge is 0.245 e. The van der Waals surface area contributed by atoms with Crippen LogP contribution >= 0.6 is 0 Å². The van der Waals surface area contributed by atoms with Crippen LogP contribution in [0.25, 0.3) is 0 Å². The van der Waals surface area contributed by atoms with E-state index in [9.17, 15) is 4.79 Å². The Bertz CT molecular complexity index is 818. The molecule has 28 heavy (non-hydrogen) atoms. The molecule has 0 unspecified atom stereocenters.